The molecule has 1 aromatic heterocycles. The zero-order valence-corrected chi connectivity index (χ0v) is 15.7. The third kappa shape index (κ3) is 3.99. The molecule has 128 valence electrons. The van der Waals surface area contributed by atoms with Gasteiger partial charge in [-0.15, -0.1) is 0 Å². The molecular weight excluding hydrogens is 330 g/mol. The van der Waals surface area contributed by atoms with E-state index < -0.39 is 0 Å². The van der Waals surface area contributed by atoms with Gasteiger partial charge >= 0.3 is 0 Å². The Labute approximate surface area is 152 Å². The summed E-state index contributed by atoms with van der Waals surface area (Å²) in [6, 6.07) is 14.0. The lowest BCUT2D eigenvalue weighted by molar-refractivity contribution is -0.121. The molecule has 2 aromatic rings. The first-order valence-electron chi connectivity index (χ1n) is 8.24. The van der Waals surface area contributed by atoms with Gasteiger partial charge in [0.05, 0.1) is 4.91 Å². The summed E-state index contributed by atoms with van der Waals surface area (Å²) in [4.78, 5) is 23.6. The maximum Gasteiger partial charge on any atom is 0.266 e. The average Bonchev–Trinajstić information content (AvgIpc) is 2.83. The van der Waals surface area contributed by atoms with Crippen molar-refractivity contribution in [2.75, 3.05) is 7.05 Å². The van der Waals surface area contributed by atoms with Crippen molar-refractivity contribution in [3.63, 3.8) is 0 Å². The number of aromatic nitrogens is 1. The fraction of sp³-hybridized carbons (Fsp3) is 0.250. The Morgan fingerprint density at radius 1 is 1.16 bits per heavy atom. The molecule has 3 rings (SSSR count). The topological polar surface area (TPSA) is 45.6 Å². The monoisotopic (exact) mass is 351 g/mol. The molecule has 1 aromatic carbocycles. The summed E-state index contributed by atoms with van der Waals surface area (Å²) in [6.45, 7) is 6.26. The van der Waals surface area contributed by atoms with Gasteiger partial charge in [0.2, 0.25) is 0 Å². The molecular formula is C20H21N3OS. The third-order valence-electron chi connectivity index (χ3n) is 3.99. The van der Waals surface area contributed by atoms with Crippen molar-refractivity contribution in [1.29, 1.82) is 0 Å². The zero-order chi connectivity index (χ0) is 18.0. The summed E-state index contributed by atoms with van der Waals surface area (Å²) in [5.41, 5.74) is 3.21. The highest BCUT2D eigenvalue weighted by molar-refractivity contribution is 8.18. The Morgan fingerprint density at radius 3 is 2.52 bits per heavy atom. The van der Waals surface area contributed by atoms with Crippen LogP contribution in [0.3, 0.4) is 0 Å². The number of aliphatic imine (C=N–C) groups is 1. The van der Waals surface area contributed by atoms with Crippen molar-refractivity contribution in [1.82, 2.24) is 9.88 Å². The second kappa shape index (κ2) is 7.23. The fourth-order valence-electron chi connectivity index (χ4n) is 2.47. The molecule has 1 aliphatic heterocycles. The summed E-state index contributed by atoms with van der Waals surface area (Å²) < 4.78 is 0. The first-order chi connectivity index (χ1) is 11.9. The predicted molar refractivity (Wildman–Crippen MR) is 105 cm³/mol. The fourth-order valence-corrected chi connectivity index (χ4v) is 3.44. The standard InChI is InChI=1S/C20H21N3OS/c1-13(2)16-10-8-15(9-11-16)12-17-19(24)23(4)20(25-17)22-18-7-5-6-14(3)21-18/h5-13H,1-4H3/b17-12-,22-20+. The van der Waals surface area contributed by atoms with E-state index in [1.165, 1.54) is 17.3 Å². The summed E-state index contributed by atoms with van der Waals surface area (Å²) in [5.74, 6) is 1.07. The van der Waals surface area contributed by atoms with Crippen LogP contribution >= 0.6 is 11.8 Å². The van der Waals surface area contributed by atoms with Crippen molar-refractivity contribution in [2.24, 2.45) is 4.99 Å². The number of pyridine rings is 1. The number of carbonyl (C=O) groups is 1. The Morgan fingerprint density at radius 2 is 1.88 bits per heavy atom. The Bertz CT molecular complexity index is 853. The van der Waals surface area contributed by atoms with Crippen LogP contribution in [0.1, 0.15) is 36.6 Å². The Kier molecular flexibility index (Phi) is 5.04. The van der Waals surface area contributed by atoms with E-state index >= 15 is 0 Å². The number of nitrogens with zero attached hydrogens (tertiary/aromatic N) is 3. The van der Waals surface area contributed by atoms with E-state index in [1.807, 2.05) is 43.3 Å². The van der Waals surface area contributed by atoms with Gasteiger partial charge in [0.1, 0.15) is 0 Å². The molecule has 1 saturated heterocycles. The highest BCUT2D eigenvalue weighted by Crippen LogP contribution is 2.33. The van der Waals surface area contributed by atoms with Crippen LogP contribution in [0.4, 0.5) is 5.82 Å². The van der Waals surface area contributed by atoms with Crippen LogP contribution in [0, 0.1) is 6.92 Å². The van der Waals surface area contributed by atoms with Crippen molar-refractivity contribution in [3.05, 3.63) is 64.2 Å². The van der Waals surface area contributed by atoms with Crippen LogP contribution in [0.2, 0.25) is 0 Å². The maximum absolute atomic E-state index is 12.5. The van der Waals surface area contributed by atoms with Crippen LogP contribution in [0.15, 0.2) is 52.4 Å². The number of amides is 1. The number of hydrogen-bond acceptors (Lipinski definition) is 4. The number of benzene rings is 1. The maximum atomic E-state index is 12.5. The van der Waals surface area contributed by atoms with Gasteiger partial charge in [-0.2, -0.15) is 0 Å². The molecule has 1 aliphatic rings. The van der Waals surface area contributed by atoms with E-state index in [1.54, 1.807) is 11.9 Å². The lowest BCUT2D eigenvalue weighted by atomic mass is 10.0. The minimum absolute atomic E-state index is 0.0376. The molecule has 25 heavy (non-hydrogen) atoms. The van der Waals surface area contributed by atoms with Gasteiger partial charge in [-0.05, 0) is 53.9 Å². The van der Waals surface area contributed by atoms with E-state index in [2.05, 4.69) is 36.0 Å². The van der Waals surface area contributed by atoms with Gasteiger partial charge in [0, 0.05) is 12.7 Å². The van der Waals surface area contributed by atoms with E-state index in [0.29, 0.717) is 21.8 Å². The van der Waals surface area contributed by atoms with E-state index in [4.69, 9.17) is 0 Å². The van der Waals surface area contributed by atoms with Crippen LogP contribution in [0.5, 0.6) is 0 Å². The summed E-state index contributed by atoms with van der Waals surface area (Å²) in [6.07, 6.45) is 1.92. The van der Waals surface area contributed by atoms with Crippen molar-refractivity contribution in [2.45, 2.75) is 26.7 Å². The van der Waals surface area contributed by atoms with Gasteiger partial charge < -0.3 is 0 Å². The smallest absolute Gasteiger partial charge is 0.266 e. The Balaban J connectivity index is 1.85. The quantitative estimate of drug-likeness (QED) is 0.750. The van der Waals surface area contributed by atoms with Crippen molar-refractivity contribution < 1.29 is 4.79 Å². The molecule has 5 heteroatoms. The molecule has 4 nitrogen and oxygen atoms in total. The van der Waals surface area contributed by atoms with Gasteiger partial charge in [-0.3, -0.25) is 9.69 Å². The molecule has 0 atom stereocenters. The predicted octanol–water partition coefficient (Wildman–Crippen LogP) is 4.75. The average molecular weight is 351 g/mol. The normalized spacial score (nSPS) is 18.0. The highest BCUT2D eigenvalue weighted by Gasteiger charge is 2.30. The highest BCUT2D eigenvalue weighted by atomic mass is 32.2. The number of hydrogen-bond donors (Lipinski definition) is 0. The molecule has 0 N–H and O–H groups in total. The first kappa shape index (κ1) is 17.4. The molecule has 0 unspecified atom stereocenters. The molecule has 0 aliphatic carbocycles. The van der Waals surface area contributed by atoms with Gasteiger partial charge in [0.15, 0.2) is 11.0 Å². The zero-order valence-electron chi connectivity index (χ0n) is 14.9. The van der Waals surface area contributed by atoms with E-state index in [0.717, 1.165) is 11.3 Å². The second-order valence-corrected chi connectivity index (χ2v) is 7.34. The summed E-state index contributed by atoms with van der Waals surface area (Å²) in [5, 5.41) is 0.646. The SMILES string of the molecule is Cc1cccc(/N=C2/S/C(=C\c3ccc(C(C)C)cc3)C(=O)N2C)n1. The van der Waals surface area contributed by atoms with E-state index in [9.17, 15) is 4.79 Å². The second-order valence-electron chi connectivity index (χ2n) is 6.33. The molecule has 2 heterocycles. The van der Waals surface area contributed by atoms with E-state index in [-0.39, 0.29) is 5.91 Å². The van der Waals surface area contributed by atoms with Gasteiger partial charge in [-0.25, -0.2) is 9.98 Å². The number of likely N-dealkylation sites (N-methyl/N-ethyl adjacent to an activating group) is 1. The van der Waals surface area contributed by atoms with Crippen LogP contribution in [-0.4, -0.2) is 28.0 Å². The van der Waals surface area contributed by atoms with Crippen LogP contribution in [0.25, 0.3) is 6.08 Å². The molecule has 0 bridgehead atoms. The number of aryl methyl sites for hydroxylation is 1. The summed E-state index contributed by atoms with van der Waals surface area (Å²) >= 11 is 1.38. The van der Waals surface area contributed by atoms with Crippen LogP contribution < -0.4 is 0 Å². The molecule has 0 spiro atoms. The minimum atomic E-state index is -0.0376. The molecule has 1 amide bonds. The third-order valence-corrected chi connectivity index (χ3v) is 5.05. The first-order valence-corrected chi connectivity index (χ1v) is 9.05. The lowest BCUT2D eigenvalue weighted by Crippen LogP contribution is -2.23. The summed E-state index contributed by atoms with van der Waals surface area (Å²) in [7, 11) is 1.74. The number of carbonyl (C=O) groups excluding carboxylic acids is 1. The van der Waals surface area contributed by atoms with Crippen LogP contribution in [-0.2, 0) is 4.79 Å². The van der Waals surface area contributed by atoms with Gasteiger partial charge in [0.25, 0.3) is 5.91 Å². The lowest BCUT2D eigenvalue weighted by Gasteiger charge is -2.07. The molecule has 0 radical (unpaired) electrons. The largest absolute Gasteiger partial charge is 0.289 e. The molecule has 1 fully saturated rings. The minimum Gasteiger partial charge on any atom is -0.289 e. The number of amidine groups is 1. The van der Waals surface area contributed by atoms with Crippen molar-refractivity contribution >= 4 is 34.7 Å². The number of thioether (sulfide) groups is 1. The number of rotatable bonds is 3. The molecule has 0 saturated carbocycles. The van der Waals surface area contributed by atoms with Crippen molar-refractivity contribution in [3.8, 4) is 0 Å². The van der Waals surface area contributed by atoms with Gasteiger partial charge in [-0.1, -0.05) is 44.2 Å². The Hall–Kier alpha value is -2.40.